The largest absolute Gasteiger partial charge is 0.356 e. The van der Waals surface area contributed by atoms with E-state index in [2.05, 4.69) is 15.5 Å². The van der Waals surface area contributed by atoms with Gasteiger partial charge in [0.15, 0.2) is 0 Å². The molecule has 0 aliphatic carbocycles. The fraction of sp³-hybridized carbons (Fsp3) is 0.812. The summed E-state index contributed by atoms with van der Waals surface area (Å²) in [6.45, 7) is 8.07. The third kappa shape index (κ3) is 8.54. The number of piperazine rings is 1. The maximum absolute atomic E-state index is 12.1. The van der Waals surface area contributed by atoms with Gasteiger partial charge in [0.2, 0.25) is 17.7 Å². The van der Waals surface area contributed by atoms with Crippen LogP contribution >= 0.6 is 0 Å². The molecule has 0 radical (unpaired) electrons. The van der Waals surface area contributed by atoms with Crippen molar-refractivity contribution >= 4 is 17.7 Å². The minimum absolute atomic E-state index is 0.00781. The molecule has 0 saturated carbocycles. The molecular weight excluding hydrogens is 296 g/mol. The molecular formula is C16H30N4O3. The smallest absolute Gasteiger partial charge is 0.234 e. The number of carbonyl (C=O) groups excluding carboxylic acids is 3. The Labute approximate surface area is 138 Å². The van der Waals surface area contributed by atoms with Crippen molar-refractivity contribution in [2.45, 2.75) is 39.5 Å². The molecule has 7 nitrogen and oxygen atoms in total. The van der Waals surface area contributed by atoms with Crippen molar-refractivity contribution in [1.29, 1.82) is 0 Å². The molecule has 2 N–H and O–H groups in total. The van der Waals surface area contributed by atoms with Crippen molar-refractivity contribution < 1.29 is 14.4 Å². The first-order chi connectivity index (χ1) is 11.0. The van der Waals surface area contributed by atoms with Crippen LogP contribution in [0.4, 0.5) is 0 Å². The molecule has 0 aromatic heterocycles. The fourth-order valence-corrected chi connectivity index (χ4v) is 2.61. The van der Waals surface area contributed by atoms with E-state index in [0.29, 0.717) is 39.1 Å². The molecule has 0 bridgehead atoms. The second-order valence-corrected chi connectivity index (χ2v) is 5.90. The van der Waals surface area contributed by atoms with Crippen LogP contribution in [0.15, 0.2) is 0 Å². The van der Waals surface area contributed by atoms with Gasteiger partial charge in [-0.25, -0.2) is 0 Å². The normalized spacial score (nSPS) is 15.3. The van der Waals surface area contributed by atoms with Gasteiger partial charge >= 0.3 is 0 Å². The summed E-state index contributed by atoms with van der Waals surface area (Å²) in [6.07, 6.45) is 3.28. The molecule has 1 aliphatic rings. The predicted octanol–water partition coefficient (Wildman–Crippen LogP) is -0.0368. The van der Waals surface area contributed by atoms with Gasteiger partial charge < -0.3 is 15.5 Å². The van der Waals surface area contributed by atoms with Crippen molar-refractivity contribution in [3.63, 3.8) is 0 Å². The number of hydrogen-bond acceptors (Lipinski definition) is 4. The SMILES string of the molecule is CCNC(=O)CN1CCN(C(=O)CCCCCNC(C)=O)CC1. The maximum Gasteiger partial charge on any atom is 0.234 e. The molecule has 0 aromatic carbocycles. The van der Waals surface area contributed by atoms with Crippen LogP contribution < -0.4 is 10.6 Å². The molecule has 1 fully saturated rings. The van der Waals surface area contributed by atoms with Crippen LogP contribution in [0, 0.1) is 0 Å². The number of nitrogens with one attached hydrogen (secondary N) is 2. The van der Waals surface area contributed by atoms with E-state index < -0.39 is 0 Å². The first-order valence-electron chi connectivity index (χ1n) is 8.54. The van der Waals surface area contributed by atoms with Gasteiger partial charge in [0.05, 0.1) is 6.54 Å². The van der Waals surface area contributed by atoms with E-state index in [1.165, 1.54) is 6.92 Å². The van der Waals surface area contributed by atoms with Crippen LogP contribution in [0.5, 0.6) is 0 Å². The summed E-state index contributed by atoms with van der Waals surface area (Å²) in [4.78, 5) is 38.4. The van der Waals surface area contributed by atoms with Gasteiger partial charge in [0, 0.05) is 52.6 Å². The lowest BCUT2D eigenvalue weighted by Gasteiger charge is -2.34. The lowest BCUT2D eigenvalue weighted by molar-refractivity contribution is -0.133. The van der Waals surface area contributed by atoms with E-state index in [-0.39, 0.29) is 17.7 Å². The van der Waals surface area contributed by atoms with Crippen LogP contribution in [0.2, 0.25) is 0 Å². The second-order valence-electron chi connectivity index (χ2n) is 5.90. The van der Waals surface area contributed by atoms with Crippen LogP contribution in [0.25, 0.3) is 0 Å². The quantitative estimate of drug-likeness (QED) is 0.583. The molecule has 23 heavy (non-hydrogen) atoms. The van der Waals surface area contributed by atoms with Gasteiger partial charge in [0.1, 0.15) is 0 Å². The maximum atomic E-state index is 12.1. The second kappa shape index (κ2) is 11.0. The van der Waals surface area contributed by atoms with Crippen molar-refractivity contribution in [2.24, 2.45) is 0 Å². The molecule has 1 rings (SSSR count). The zero-order chi connectivity index (χ0) is 17.1. The van der Waals surface area contributed by atoms with Gasteiger partial charge in [-0.1, -0.05) is 6.42 Å². The number of rotatable bonds is 9. The van der Waals surface area contributed by atoms with Gasteiger partial charge in [-0.3, -0.25) is 19.3 Å². The van der Waals surface area contributed by atoms with Gasteiger partial charge in [0.25, 0.3) is 0 Å². The molecule has 1 heterocycles. The number of amides is 3. The van der Waals surface area contributed by atoms with E-state index in [1.807, 2.05) is 11.8 Å². The third-order valence-electron chi connectivity index (χ3n) is 3.91. The highest BCUT2D eigenvalue weighted by Gasteiger charge is 2.21. The summed E-state index contributed by atoms with van der Waals surface area (Å²) in [7, 11) is 0. The zero-order valence-corrected chi connectivity index (χ0v) is 14.4. The minimum Gasteiger partial charge on any atom is -0.356 e. The molecule has 132 valence electrons. The van der Waals surface area contributed by atoms with Crippen molar-refractivity contribution in [2.75, 3.05) is 45.8 Å². The first-order valence-corrected chi connectivity index (χ1v) is 8.54. The number of unbranched alkanes of at least 4 members (excludes halogenated alkanes) is 2. The molecule has 0 aromatic rings. The average Bonchev–Trinajstić information content (AvgIpc) is 2.51. The highest BCUT2D eigenvalue weighted by Crippen LogP contribution is 2.07. The van der Waals surface area contributed by atoms with Crippen LogP contribution in [0.1, 0.15) is 39.5 Å². The Morgan fingerprint density at radius 1 is 0.957 bits per heavy atom. The molecule has 3 amide bonds. The number of hydrogen-bond donors (Lipinski definition) is 2. The van der Waals surface area contributed by atoms with Crippen LogP contribution in [-0.4, -0.2) is 73.3 Å². The van der Waals surface area contributed by atoms with Crippen molar-refractivity contribution in [1.82, 2.24) is 20.4 Å². The average molecular weight is 326 g/mol. The Kier molecular flexibility index (Phi) is 9.28. The predicted molar refractivity (Wildman–Crippen MR) is 88.9 cm³/mol. The van der Waals surface area contributed by atoms with Crippen molar-refractivity contribution in [3.05, 3.63) is 0 Å². The van der Waals surface area contributed by atoms with Gasteiger partial charge in [-0.15, -0.1) is 0 Å². The summed E-state index contributed by atoms with van der Waals surface area (Å²) in [6, 6.07) is 0. The van der Waals surface area contributed by atoms with Gasteiger partial charge in [-0.05, 0) is 19.8 Å². The summed E-state index contributed by atoms with van der Waals surface area (Å²) in [5, 5.41) is 5.54. The molecule has 1 aliphatic heterocycles. The Morgan fingerprint density at radius 3 is 2.26 bits per heavy atom. The highest BCUT2D eigenvalue weighted by atomic mass is 16.2. The molecule has 0 unspecified atom stereocenters. The first kappa shape index (κ1) is 19.4. The Hall–Kier alpha value is -1.63. The summed E-state index contributed by atoms with van der Waals surface area (Å²) in [5.41, 5.74) is 0. The van der Waals surface area contributed by atoms with Gasteiger partial charge in [-0.2, -0.15) is 0 Å². The number of likely N-dealkylation sites (N-methyl/N-ethyl adjacent to an activating group) is 1. The molecule has 7 heteroatoms. The van der Waals surface area contributed by atoms with E-state index in [4.69, 9.17) is 0 Å². The molecule has 0 atom stereocenters. The highest BCUT2D eigenvalue weighted by molar-refractivity contribution is 5.78. The Morgan fingerprint density at radius 2 is 1.65 bits per heavy atom. The lowest BCUT2D eigenvalue weighted by atomic mass is 10.1. The molecule has 0 spiro atoms. The standard InChI is InChI=1S/C16H30N4O3/c1-3-17-15(22)13-19-9-11-20(12-10-19)16(23)7-5-4-6-8-18-14(2)21/h3-13H2,1-2H3,(H,17,22)(H,18,21). The van der Waals surface area contributed by atoms with E-state index in [9.17, 15) is 14.4 Å². The van der Waals surface area contributed by atoms with Crippen molar-refractivity contribution in [3.8, 4) is 0 Å². The summed E-state index contributed by atoms with van der Waals surface area (Å²) < 4.78 is 0. The minimum atomic E-state index is -0.00781. The van der Waals surface area contributed by atoms with Crippen LogP contribution in [-0.2, 0) is 14.4 Å². The monoisotopic (exact) mass is 326 g/mol. The fourth-order valence-electron chi connectivity index (χ4n) is 2.61. The number of nitrogens with zero attached hydrogens (tertiary/aromatic N) is 2. The molecule has 1 saturated heterocycles. The van der Waals surface area contributed by atoms with E-state index >= 15 is 0 Å². The Bertz CT molecular complexity index is 393. The van der Waals surface area contributed by atoms with E-state index in [0.717, 1.165) is 32.4 Å². The van der Waals surface area contributed by atoms with E-state index in [1.54, 1.807) is 0 Å². The van der Waals surface area contributed by atoms with Crippen LogP contribution in [0.3, 0.4) is 0 Å². The topological polar surface area (TPSA) is 81.8 Å². The lowest BCUT2D eigenvalue weighted by Crippen LogP contribution is -2.51. The summed E-state index contributed by atoms with van der Waals surface area (Å²) >= 11 is 0. The summed E-state index contributed by atoms with van der Waals surface area (Å²) in [5.74, 6) is 0.236. The number of carbonyl (C=O) groups is 3. The zero-order valence-electron chi connectivity index (χ0n) is 14.4. The third-order valence-corrected chi connectivity index (χ3v) is 3.91. The Balaban J connectivity index is 2.10.